The zero-order chi connectivity index (χ0) is 14.9. The smallest absolute Gasteiger partial charge is 0.265 e. The van der Waals surface area contributed by atoms with E-state index in [1.54, 1.807) is 57.0 Å². The zero-order valence-electron chi connectivity index (χ0n) is 11.8. The average molecular weight is 295 g/mol. The van der Waals surface area contributed by atoms with Crippen LogP contribution in [0.1, 0.15) is 11.4 Å². The Balaban J connectivity index is 2.35. The second-order valence-electron chi connectivity index (χ2n) is 4.46. The Morgan fingerprint density at radius 1 is 1.20 bits per heavy atom. The van der Waals surface area contributed by atoms with Crippen molar-refractivity contribution < 1.29 is 13.2 Å². The Kier molecular flexibility index (Phi) is 3.71. The van der Waals surface area contributed by atoms with Gasteiger partial charge in [0.05, 0.1) is 18.5 Å². The third-order valence-corrected chi connectivity index (χ3v) is 4.69. The molecule has 0 saturated heterocycles. The third kappa shape index (κ3) is 2.62. The predicted octanol–water partition coefficient (Wildman–Crippen LogP) is 1.85. The number of rotatable bonds is 4. The van der Waals surface area contributed by atoms with Gasteiger partial charge in [-0.05, 0) is 38.1 Å². The summed E-state index contributed by atoms with van der Waals surface area (Å²) < 4.78 is 34.0. The lowest BCUT2D eigenvalue weighted by Gasteiger charge is -2.09. The summed E-state index contributed by atoms with van der Waals surface area (Å²) in [4.78, 5) is 0.218. The van der Waals surface area contributed by atoms with Crippen molar-refractivity contribution in [2.45, 2.75) is 18.7 Å². The van der Waals surface area contributed by atoms with Crippen molar-refractivity contribution >= 4 is 15.7 Å². The van der Waals surface area contributed by atoms with Crippen molar-refractivity contribution in [2.75, 3.05) is 11.8 Å². The number of methoxy groups -OCH3 is 1. The Labute approximate surface area is 118 Å². The monoisotopic (exact) mass is 295 g/mol. The molecule has 20 heavy (non-hydrogen) atoms. The van der Waals surface area contributed by atoms with Gasteiger partial charge in [-0.15, -0.1) is 0 Å². The fraction of sp³-hybridized carbons (Fsp3) is 0.308. The first-order valence-corrected chi connectivity index (χ1v) is 7.50. The van der Waals surface area contributed by atoms with Crippen molar-refractivity contribution in [1.82, 2.24) is 9.78 Å². The molecule has 2 rings (SSSR count). The Bertz CT molecular complexity index is 718. The average Bonchev–Trinajstić information content (AvgIpc) is 2.64. The molecule has 0 atom stereocenters. The molecule has 2 aromatic rings. The minimum absolute atomic E-state index is 0.218. The number of nitrogens with zero attached hydrogens (tertiary/aromatic N) is 2. The van der Waals surface area contributed by atoms with Crippen molar-refractivity contribution in [3.8, 4) is 5.75 Å². The summed E-state index contributed by atoms with van der Waals surface area (Å²) in [5.74, 6) is 0.668. The maximum atomic E-state index is 12.4. The molecular formula is C13H17N3O3S. The molecular weight excluding hydrogens is 278 g/mol. The van der Waals surface area contributed by atoms with Gasteiger partial charge in [-0.3, -0.25) is 9.40 Å². The van der Waals surface area contributed by atoms with Crippen LogP contribution in [-0.2, 0) is 17.1 Å². The van der Waals surface area contributed by atoms with Gasteiger partial charge < -0.3 is 4.74 Å². The molecule has 0 unspecified atom stereocenters. The maximum Gasteiger partial charge on any atom is 0.265 e. The van der Waals surface area contributed by atoms with Crippen molar-refractivity contribution in [3.63, 3.8) is 0 Å². The van der Waals surface area contributed by atoms with E-state index in [4.69, 9.17) is 4.74 Å². The standard InChI is InChI=1S/C13H17N3O3S/c1-9-13(10(2)16(3)14-9)20(17,18)15-11-5-7-12(19-4)8-6-11/h5-8,15H,1-4H3. The molecule has 0 aliphatic heterocycles. The van der Waals surface area contributed by atoms with Gasteiger partial charge in [0.25, 0.3) is 10.0 Å². The van der Waals surface area contributed by atoms with E-state index in [9.17, 15) is 8.42 Å². The number of ether oxygens (including phenoxy) is 1. The first-order chi connectivity index (χ1) is 9.35. The number of anilines is 1. The highest BCUT2D eigenvalue weighted by atomic mass is 32.2. The highest BCUT2D eigenvalue weighted by Crippen LogP contribution is 2.23. The lowest BCUT2D eigenvalue weighted by Crippen LogP contribution is -2.14. The van der Waals surface area contributed by atoms with E-state index in [1.807, 2.05) is 0 Å². The number of sulfonamides is 1. The topological polar surface area (TPSA) is 73.2 Å². The quantitative estimate of drug-likeness (QED) is 0.934. The Hall–Kier alpha value is -2.02. The summed E-state index contributed by atoms with van der Waals surface area (Å²) in [6, 6.07) is 6.69. The van der Waals surface area contributed by atoms with E-state index in [0.29, 0.717) is 22.8 Å². The van der Waals surface area contributed by atoms with Crippen LogP contribution in [0.15, 0.2) is 29.2 Å². The number of benzene rings is 1. The van der Waals surface area contributed by atoms with Crippen LogP contribution in [0.5, 0.6) is 5.75 Å². The van der Waals surface area contributed by atoms with Gasteiger partial charge in [-0.1, -0.05) is 0 Å². The van der Waals surface area contributed by atoms with Crippen LogP contribution < -0.4 is 9.46 Å². The van der Waals surface area contributed by atoms with Crippen LogP contribution in [0.2, 0.25) is 0 Å². The van der Waals surface area contributed by atoms with E-state index in [2.05, 4.69) is 9.82 Å². The summed E-state index contributed by atoms with van der Waals surface area (Å²) in [7, 11) is -0.373. The second kappa shape index (κ2) is 5.16. The van der Waals surface area contributed by atoms with Gasteiger partial charge >= 0.3 is 0 Å². The van der Waals surface area contributed by atoms with Gasteiger partial charge in [0.15, 0.2) is 0 Å². The molecule has 7 heteroatoms. The first-order valence-electron chi connectivity index (χ1n) is 6.02. The molecule has 108 valence electrons. The van der Waals surface area contributed by atoms with Crippen LogP contribution in [0.3, 0.4) is 0 Å². The van der Waals surface area contributed by atoms with Crippen LogP contribution in [0, 0.1) is 13.8 Å². The first kappa shape index (κ1) is 14.4. The summed E-state index contributed by atoms with van der Waals surface area (Å²) >= 11 is 0. The number of hydrogen-bond donors (Lipinski definition) is 1. The zero-order valence-corrected chi connectivity index (χ0v) is 12.7. The Morgan fingerprint density at radius 3 is 2.25 bits per heavy atom. The van der Waals surface area contributed by atoms with Gasteiger partial charge in [0, 0.05) is 12.7 Å². The van der Waals surface area contributed by atoms with Crippen LogP contribution in [0.25, 0.3) is 0 Å². The largest absolute Gasteiger partial charge is 0.497 e. The Morgan fingerprint density at radius 2 is 1.80 bits per heavy atom. The molecule has 0 radical (unpaired) electrons. The van der Waals surface area contributed by atoms with Crippen molar-refractivity contribution in [3.05, 3.63) is 35.7 Å². The number of nitrogens with one attached hydrogen (secondary N) is 1. The van der Waals surface area contributed by atoms with Gasteiger partial charge in [-0.2, -0.15) is 5.10 Å². The molecule has 0 aliphatic rings. The molecule has 0 amide bonds. The molecule has 0 fully saturated rings. The molecule has 0 bridgehead atoms. The highest BCUT2D eigenvalue weighted by molar-refractivity contribution is 7.92. The SMILES string of the molecule is COc1ccc(NS(=O)(=O)c2c(C)nn(C)c2C)cc1. The molecule has 6 nitrogen and oxygen atoms in total. The predicted molar refractivity (Wildman–Crippen MR) is 76.5 cm³/mol. The highest BCUT2D eigenvalue weighted by Gasteiger charge is 2.23. The van der Waals surface area contributed by atoms with Crippen LogP contribution >= 0.6 is 0 Å². The molecule has 1 N–H and O–H groups in total. The van der Waals surface area contributed by atoms with Gasteiger partial charge in [0.2, 0.25) is 0 Å². The molecule has 0 spiro atoms. The minimum atomic E-state index is -3.65. The van der Waals surface area contributed by atoms with Crippen LogP contribution in [-0.4, -0.2) is 25.3 Å². The lowest BCUT2D eigenvalue weighted by molar-refractivity contribution is 0.415. The molecule has 0 aliphatic carbocycles. The van der Waals surface area contributed by atoms with E-state index < -0.39 is 10.0 Å². The van der Waals surface area contributed by atoms with Crippen molar-refractivity contribution in [2.24, 2.45) is 7.05 Å². The van der Waals surface area contributed by atoms with E-state index in [-0.39, 0.29) is 4.90 Å². The maximum absolute atomic E-state index is 12.4. The normalized spacial score (nSPS) is 11.4. The molecule has 0 saturated carbocycles. The van der Waals surface area contributed by atoms with Gasteiger partial charge in [-0.25, -0.2) is 8.42 Å². The fourth-order valence-electron chi connectivity index (χ4n) is 2.01. The van der Waals surface area contributed by atoms with E-state index >= 15 is 0 Å². The third-order valence-electron chi connectivity index (χ3n) is 3.05. The summed E-state index contributed by atoms with van der Waals surface area (Å²) in [5, 5.41) is 4.12. The second-order valence-corrected chi connectivity index (χ2v) is 6.08. The number of aryl methyl sites for hydroxylation is 2. The lowest BCUT2D eigenvalue weighted by atomic mass is 10.3. The van der Waals surface area contributed by atoms with Crippen molar-refractivity contribution in [1.29, 1.82) is 0 Å². The van der Waals surface area contributed by atoms with E-state index in [1.165, 1.54) is 0 Å². The summed E-state index contributed by atoms with van der Waals surface area (Å²) in [6.45, 7) is 3.40. The minimum Gasteiger partial charge on any atom is -0.497 e. The van der Waals surface area contributed by atoms with Gasteiger partial charge in [0.1, 0.15) is 10.6 Å². The summed E-state index contributed by atoms with van der Waals surface area (Å²) in [6.07, 6.45) is 0. The fourth-order valence-corrected chi connectivity index (χ4v) is 3.51. The number of aromatic nitrogens is 2. The number of hydrogen-bond acceptors (Lipinski definition) is 4. The summed E-state index contributed by atoms with van der Waals surface area (Å²) in [5.41, 5.74) is 1.56. The molecule has 1 heterocycles. The van der Waals surface area contributed by atoms with Crippen LogP contribution in [0.4, 0.5) is 5.69 Å². The molecule has 1 aromatic carbocycles. The molecule has 1 aromatic heterocycles. The van der Waals surface area contributed by atoms with E-state index in [0.717, 1.165) is 0 Å².